The van der Waals surface area contributed by atoms with Gasteiger partial charge in [-0.1, -0.05) is 73.9 Å². The van der Waals surface area contributed by atoms with Gasteiger partial charge >= 0.3 is 12.2 Å². The number of carbonyl (C=O) groups is 3. The van der Waals surface area contributed by atoms with Crippen LogP contribution >= 0.6 is 0 Å². The van der Waals surface area contributed by atoms with Gasteiger partial charge in [0.25, 0.3) is 5.91 Å². The molecule has 10 heteroatoms. The number of halogens is 3. The minimum atomic E-state index is -4.70. The molecule has 2 atom stereocenters. The number of amides is 4. The van der Waals surface area contributed by atoms with Crippen molar-refractivity contribution < 1.29 is 27.6 Å². The fourth-order valence-electron chi connectivity index (χ4n) is 6.05. The monoisotopic (exact) mass is 566 g/mol. The third kappa shape index (κ3) is 5.87. The van der Waals surface area contributed by atoms with Crippen LogP contribution in [0.2, 0.25) is 0 Å². The predicted octanol–water partition coefficient (Wildman–Crippen LogP) is 5.11. The van der Waals surface area contributed by atoms with Crippen molar-refractivity contribution in [1.29, 1.82) is 0 Å². The van der Waals surface area contributed by atoms with Crippen molar-refractivity contribution in [3.05, 3.63) is 95.2 Å². The summed E-state index contributed by atoms with van der Waals surface area (Å²) in [7, 11) is 0. The largest absolute Gasteiger partial charge is 0.416 e. The number of carbonyl (C=O) groups excluding carboxylic acids is 3. The highest BCUT2D eigenvalue weighted by atomic mass is 19.4. The first-order valence-electron chi connectivity index (χ1n) is 13.9. The summed E-state index contributed by atoms with van der Waals surface area (Å²) in [6, 6.07) is 11.3. The number of nitrogens with zero attached hydrogens (tertiary/aromatic N) is 2. The molecule has 1 saturated carbocycles. The Morgan fingerprint density at radius 2 is 1.73 bits per heavy atom. The van der Waals surface area contributed by atoms with Gasteiger partial charge in [0.15, 0.2) is 0 Å². The summed E-state index contributed by atoms with van der Waals surface area (Å²) in [5.74, 6) is -0.883. The minimum Gasteiger partial charge on any atom is -0.352 e. The lowest BCUT2D eigenvalue weighted by atomic mass is 9.91. The van der Waals surface area contributed by atoms with Crippen molar-refractivity contribution in [2.24, 2.45) is 0 Å². The maximum absolute atomic E-state index is 14.2. The Hall–Kier alpha value is -4.08. The van der Waals surface area contributed by atoms with E-state index in [0.29, 0.717) is 0 Å². The zero-order valence-electron chi connectivity index (χ0n) is 22.6. The molecule has 4 amide bonds. The molecular formula is C31H33F3N4O3. The Morgan fingerprint density at radius 3 is 2.41 bits per heavy atom. The van der Waals surface area contributed by atoms with Gasteiger partial charge in [-0.05, 0) is 30.0 Å². The number of nitrogens with one attached hydrogen (secondary N) is 2. The van der Waals surface area contributed by atoms with E-state index in [1.165, 1.54) is 34.1 Å². The van der Waals surface area contributed by atoms with E-state index in [0.717, 1.165) is 43.7 Å². The standard InChI is InChI=1S/C31H33F3N4O3/c1-2-17-37-25-19-38(24(18-20-11-5-3-6-12-20)28(39)35-21-13-7-4-8-14-21)29(40)26(25)27(36-30(37)41)22-15-9-10-16-23(22)31(32,33)34/h2-3,5-6,9-12,15-16,21,24,27H,1,4,7-8,13-14,17-19H2,(H,35,39)(H,36,41)/t24-,27-/m1/s1. The number of urea groups is 1. The molecule has 0 aromatic heterocycles. The van der Waals surface area contributed by atoms with Crippen molar-refractivity contribution in [1.82, 2.24) is 20.4 Å². The maximum atomic E-state index is 14.2. The lowest BCUT2D eigenvalue weighted by Gasteiger charge is -2.33. The summed E-state index contributed by atoms with van der Waals surface area (Å²) in [4.78, 5) is 43.8. The average Bonchev–Trinajstić information content (AvgIpc) is 3.30. The summed E-state index contributed by atoms with van der Waals surface area (Å²) in [5, 5.41) is 5.74. The molecule has 0 radical (unpaired) electrons. The van der Waals surface area contributed by atoms with Crippen LogP contribution in [0, 0.1) is 0 Å². The Morgan fingerprint density at radius 1 is 1.05 bits per heavy atom. The Bertz CT molecular complexity index is 1350. The topological polar surface area (TPSA) is 81.8 Å². The van der Waals surface area contributed by atoms with Crippen LogP contribution in [0.5, 0.6) is 0 Å². The number of alkyl halides is 3. The van der Waals surface area contributed by atoms with E-state index in [4.69, 9.17) is 0 Å². The van der Waals surface area contributed by atoms with Crippen LogP contribution < -0.4 is 10.6 Å². The quantitative estimate of drug-likeness (QED) is 0.436. The van der Waals surface area contributed by atoms with E-state index in [2.05, 4.69) is 17.2 Å². The molecular weight excluding hydrogens is 533 g/mol. The molecule has 41 heavy (non-hydrogen) atoms. The predicted molar refractivity (Wildman–Crippen MR) is 147 cm³/mol. The molecule has 216 valence electrons. The molecule has 2 N–H and O–H groups in total. The molecule has 2 aromatic rings. The van der Waals surface area contributed by atoms with Gasteiger partial charge in [0.1, 0.15) is 6.04 Å². The first-order chi connectivity index (χ1) is 19.7. The normalized spacial score (nSPS) is 20.5. The summed E-state index contributed by atoms with van der Waals surface area (Å²) in [5.41, 5.74) is -0.00191. The first-order valence-corrected chi connectivity index (χ1v) is 13.9. The van der Waals surface area contributed by atoms with Gasteiger partial charge in [-0.25, -0.2) is 4.79 Å². The van der Waals surface area contributed by atoms with Gasteiger partial charge in [0.2, 0.25) is 5.91 Å². The lowest BCUT2D eigenvalue weighted by Crippen LogP contribution is -2.52. The van der Waals surface area contributed by atoms with E-state index in [1.807, 2.05) is 30.3 Å². The van der Waals surface area contributed by atoms with Crippen LogP contribution in [0.4, 0.5) is 18.0 Å². The highest BCUT2D eigenvalue weighted by molar-refractivity contribution is 6.03. The van der Waals surface area contributed by atoms with E-state index < -0.39 is 35.8 Å². The molecule has 0 unspecified atom stereocenters. The van der Waals surface area contributed by atoms with Crippen molar-refractivity contribution >= 4 is 17.8 Å². The zero-order chi connectivity index (χ0) is 29.1. The molecule has 3 aliphatic rings. The second kappa shape index (κ2) is 11.8. The number of hydrogen-bond donors (Lipinski definition) is 2. The van der Waals surface area contributed by atoms with Crippen molar-refractivity contribution in [3.63, 3.8) is 0 Å². The maximum Gasteiger partial charge on any atom is 0.416 e. The molecule has 0 spiro atoms. The summed E-state index contributed by atoms with van der Waals surface area (Å²) in [6.07, 6.45) is 1.85. The Balaban J connectivity index is 1.54. The van der Waals surface area contributed by atoms with E-state index >= 15 is 0 Å². The minimum absolute atomic E-state index is 0.00160. The van der Waals surface area contributed by atoms with E-state index in [9.17, 15) is 27.6 Å². The van der Waals surface area contributed by atoms with Crippen molar-refractivity contribution in [2.45, 2.75) is 62.8 Å². The number of hydrogen-bond acceptors (Lipinski definition) is 3. The highest BCUT2D eigenvalue weighted by Gasteiger charge is 2.48. The van der Waals surface area contributed by atoms with Gasteiger partial charge < -0.3 is 15.5 Å². The van der Waals surface area contributed by atoms with E-state index in [-0.39, 0.29) is 48.3 Å². The number of benzene rings is 2. The van der Waals surface area contributed by atoms with Crippen LogP contribution in [0.25, 0.3) is 0 Å². The fourth-order valence-corrected chi connectivity index (χ4v) is 6.05. The third-order valence-electron chi connectivity index (χ3n) is 8.04. The molecule has 0 bridgehead atoms. The van der Waals surface area contributed by atoms with Crippen LogP contribution in [0.1, 0.15) is 54.8 Å². The zero-order valence-corrected chi connectivity index (χ0v) is 22.6. The molecule has 7 nitrogen and oxygen atoms in total. The molecule has 2 heterocycles. The smallest absolute Gasteiger partial charge is 0.352 e. The first kappa shape index (κ1) is 28.4. The molecule has 2 aromatic carbocycles. The summed E-state index contributed by atoms with van der Waals surface area (Å²) in [6.45, 7) is 3.66. The van der Waals surface area contributed by atoms with Gasteiger partial charge in [-0.2, -0.15) is 13.2 Å². The van der Waals surface area contributed by atoms with Crippen LogP contribution in [0.3, 0.4) is 0 Å². The average molecular weight is 567 g/mol. The van der Waals surface area contributed by atoms with Gasteiger partial charge in [-0.15, -0.1) is 6.58 Å². The molecule has 0 saturated heterocycles. The lowest BCUT2D eigenvalue weighted by molar-refractivity contribution is -0.138. The summed E-state index contributed by atoms with van der Waals surface area (Å²) < 4.78 is 42.0. The second-order valence-corrected chi connectivity index (χ2v) is 10.7. The second-order valence-electron chi connectivity index (χ2n) is 10.7. The SMILES string of the molecule is C=CCN1C(=O)N[C@H](c2ccccc2C(F)(F)F)C2=C1CN([C@H](Cc1ccccc1)C(=O)NC1CCCCC1)C2=O. The summed E-state index contributed by atoms with van der Waals surface area (Å²) >= 11 is 0. The number of rotatable bonds is 8. The van der Waals surface area contributed by atoms with Gasteiger partial charge in [0.05, 0.1) is 29.4 Å². The van der Waals surface area contributed by atoms with Crippen molar-refractivity contribution in [3.8, 4) is 0 Å². The van der Waals surface area contributed by atoms with Gasteiger partial charge in [-0.3, -0.25) is 14.5 Å². The van der Waals surface area contributed by atoms with Crippen LogP contribution in [0.15, 0.2) is 78.5 Å². The van der Waals surface area contributed by atoms with E-state index in [1.54, 1.807) is 0 Å². The molecule has 5 rings (SSSR count). The molecule has 1 fully saturated rings. The Labute approximate surface area is 237 Å². The van der Waals surface area contributed by atoms with Crippen molar-refractivity contribution in [2.75, 3.05) is 13.1 Å². The molecule has 1 aliphatic carbocycles. The third-order valence-corrected chi connectivity index (χ3v) is 8.04. The highest BCUT2D eigenvalue weighted by Crippen LogP contribution is 2.42. The molecule has 2 aliphatic heterocycles. The van der Waals surface area contributed by atoms with Crippen LogP contribution in [-0.4, -0.2) is 52.8 Å². The van der Waals surface area contributed by atoms with Gasteiger partial charge in [0, 0.05) is 19.0 Å². The van der Waals surface area contributed by atoms with Crippen LogP contribution in [-0.2, 0) is 22.2 Å². The fraction of sp³-hybridized carbons (Fsp3) is 0.387. The Kier molecular flexibility index (Phi) is 8.19.